The summed E-state index contributed by atoms with van der Waals surface area (Å²) in [5.41, 5.74) is 0.940. The van der Waals surface area contributed by atoms with E-state index in [0.717, 1.165) is 5.69 Å². The minimum atomic E-state index is 0.539. The van der Waals surface area contributed by atoms with Gasteiger partial charge in [0.2, 0.25) is 0 Å². The summed E-state index contributed by atoms with van der Waals surface area (Å²) in [7, 11) is 5.68. The highest BCUT2D eigenvalue weighted by Crippen LogP contribution is 2.01. The molecule has 0 aliphatic rings. The molecule has 0 aliphatic heterocycles. The topological polar surface area (TPSA) is 32.0 Å². The van der Waals surface area contributed by atoms with E-state index >= 15 is 0 Å². The number of nitrogens with one attached hydrogen (secondary N) is 1. The molecule has 11 heavy (non-hydrogen) atoms. The zero-order valence-corrected chi connectivity index (χ0v) is 7.13. The maximum atomic E-state index is 7.65. The van der Waals surface area contributed by atoms with Crippen LogP contribution in [0, 0.1) is 5.41 Å². The van der Waals surface area contributed by atoms with Crippen LogP contribution in [-0.4, -0.2) is 29.4 Å². The van der Waals surface area contributed by atoms with Gasteiger partial charge in [-0.2, -0.15) is 0 Å². The molecule has 0 aliphatic carbocycles. The second-order valence-corrected chi connectivity index (χ2v) is 2.75. The summed E-state index contributed by atoms with van der Waals surface area (Å²) in [5.74, 6) is 0.539. The van der Waals surface area contributed by atoms with Crippen LogP contribution in [0.4, 0.5) is 0 Å². The van der Waals surface area contributed by atoms with Crippen LogP contribution in [0.3, 0.4) is 0 Å². The Kier molecular flexibility index (Phi) is 1.98. The molecule has 0 amide bonds. The number of aromatic nitrogens is 1. The summed E-state index contributed by atoms with van der Waals surface area (Å²) >= 11 is 0. The lowest BCUT2D eigenvalue weighted by Crippen LogP contribution is -2.23. The summed E-state index contributed by atoms with van der Waals surface area (Å²) in [6.07, 6.45) is 1.94. The molecule has 0 radical (unpaired) electrons. The lowest BCUT2D eigenvalue weighted by Gasteiger charge is -2.13. The third-order valence-electron chi connectivity index (χ3n) is 1.63. The van der Waals surface area contributed by atoms with Crippen LogP contribution in [0.1, 0.15) is 5.69 Å². The number of hydrogen-bond acceptors (Lipinski definition) is 1. The lowest BCUT2D eigenvalue weighted by atomic mass is 10.4. The maximum absolute atomic E-state index is 7.65. The van der Waals surface area contributed by atoms with E-state index in [4.69, 9.17) is 5.41 Å². The second kappa shape index (κ2) is 2.78. The Morgan fingerprint density at radius 1 is 1.55 bits per heavy atom. The zero-order chi connectivity index (χ0) is 8.43. The van der Waals surface area contributed by atoms with Gasteiger partial charge in [-0.15, -0.1) is 0 Å². The van der Waals surface area contributed by atoms with Crippen molar-refractivity contribution in [2.45, 2.75) is 0 Å². The SMILES string of the molecule is CN(C)C(=N)c1cccn1C. The van der Waals surface area contributed by atoms with Crippen molar-refractivity contribution in [3.05, 3.63) is 24.0 Å². The van der Waals surface area contributed by atoms with E-state index in [0.29, 0.717) is 5.84 Å². The fourth-order valence-electron chi connectivity index (χ4n) is 0.936. The number of nitrogens with zero attached hydrogens (tertiary/aromatic N) is 2. The number of amidine groups is 1. The fraction of sp³-hybridized carbons (Fsp3) is 0.375. The van der Waals surface area contributed by atoms with Crippen molar-refractivity contribution >= 4 is 5.84 Å². The van der Waals surface area contributed by atoms with Gasteiger partial charge in [0.05, 0.1) is 5.69 Å². The molecule has 3 nitrogen and oxygen atoms in total. The van der Waals surface area contributed by atoms with E-state index in [1.165, 1.54) is 0 Å². The predicted octanol–water partition coefficient (Wildman–Crippen LogP) is 0.912. The van der Waals surface area contributed by atoms with Gasteiger partial charge in [-0.25, -0.2) is 0 Å². The molecule has 0 atom stereocenters. The average molecular weight is 151 g/mol. The van der Waals surface area contributed by atoms with Gasteiger partial charge < -0.3 is 9.47 Å². The Bertz CT molecular complexity index is 260. The maximum Gasteiger partial charge on any atom is 0.144 e. The summed E-state index contributed by atoms with van der Waals surface area (Å²) in [6.45, 7) is 0. The third-order valence-corrected chi connectivity index (χ3v) is 1.63. The van der Waals surface area contributed by atoms with Crippen LogP contribution in [0.25, 0.3) is 0 Å². The van der Waals surface area contributed by atoms with Gasteiger partial charge in [-0.05, 0) is 12.1 Å². The first kappa shape index (κ1) is 7.85. The van der Waals surface area contributed by atoms with Gasteiger partial charge in [-0.1, -0.05) is 0 Å². The van der Waals surface area contributed by atoms with Crippen molar-refractivity contribution < 1.29 is 0 Å². The Morgan fingerprint density at radius 2 is 2.18 bits per heavy atom. The summed E-state index contributed by atoms with van der Waals surface area (Å²) in [5, 5.41) is 7.65. The monoisotopic (exact) mass is 151 g/mol. The first-order chi connectivity index (χ1) is 5.13. The van der Waals surface area contributed by atoms with Gasteiger partial charge in [0.1, 0.15) is 5.84 Å². The molecule has 0 fully saturated rings. The van der Waals surface area contributed by atoms with Crippen molar-refractivity contribution in [3.63, 3.8) is 0 Å². The first-order valence-corrected chi connectivity index (χ1v) is 3.50. The van der Waals surface area contributed by atoms with E-state index in [9.17, 15) is 0 Å². The van der Waals surface area contributed by atoms with Crippen molar-refractivity contribution in [3.8, 4) is 0 Å². The van der Waals surface area contributed by atoms with Gasteiger partial charge in [-0.3, -0.25) is 5.41 Å². The molecule has 0 saturated carbocycles. The van der Waals surface area contributed by atoms with E-state index in [1.54, 1.807) is 4.90 Å². The van der Waals surface area contributed by atoms with Crippen LogP contribution in [-0.2, 0) is 7.05 Å². The molecule has 0 unspecified atom stereocenters. The van der Waals surface area contributed by atoms with E-state index in [1.807, 2.05) is 44.0 Å². The molecule has 0 bridgehead atoms. The summed E-state index contributed by atoms with van der Waals surface area (Å²) in [6, 6.07) is 3.87. The van der Waals surface area contributed by atoms with E-state index in [2.05, 4.69) is 0 Å². The average Bonchev–Trinajstić information content (AvgIpc) is 2.33. The van der Waals surface area contributed by atoms with E-state index < -0.39 is 0 Å². The minimum absolute atomic E-state index is 0.539. The Hall–Kier alpha value is -1.25. The van der Waals surface area contributed by atoms with E-state index in [-0.39, 0.29) is 0 Å². The molecule has 0 saturated heterocycles. The van der Waals surface area contributed by atoms with Crippen molar-refractivity contribution in [1.82, 2.24) is 9.47 Å². The molecule has 1 N–H and O–H groups in total. The van der Waals surface area contributed by atoms with Gasteiger partial charge in [0, 0.05) is 27.3 Å². The molecular weight excluding hydrogens is 138 g/mol. The van der Waals surface area contributed by atoms with Gasteiger partial charge in [0.15, 0.2) is 0 Å². The zero-order valence-electron chi connectivity index (χ0n) is 7.13. The Balaban J connectivity index is 2.93. The molecule has 1 aromatic rings. The molecule has 60 valence electrons. The molecule has 1 heterocycles. The van der Waals surface area contributed by atoms with Crippen LogP contribution in [0.15, 0.2) is 18.3 Å². The molecular formula is C8H13N3. The smallest absolute Gasteiger partial charge is 0.144 e. The third kappa shape index (κ3) is 1.42. The first-order valence-electron chi connectivity index (χ1n) is 3.50. The van der Waals surface area contributed by atoms with Crippen LogP contribution in [0.5, 0.6) is 0 Å². The largest absolute Gasteiger partial charge is 0.361 e. The quantitative estimate of drug-likeness (QED) is 0.469. The number of rotatable bonds is 1. The molecule has 0 spiro atoms. The highest BCUT2D eigenvalue weighted by Gasteiger charge is 2.04. The van der Waals surface area contributed by atoms with Gasteiger partial charge in [0.25, 0.3) is 0 Å². The number of aryl methyl sites for hydroxylation is 1. The van der Waals surface area contributed by atoms with Crippen LogP contribution in [0.2, 0.25) is 0 Å². The predicted molar refractivity (Wildman–Crippen MR) is 45.9 cm³/mol. The molecule has 1 rings (SSSR count). The van der Waals surface area contributed by atoms with Crippen molar-refractivity contribution in [2.75, 3.05) is 14.1 Å². The molecule has 0 aromatic carbocycles. The molecule has 3 heteroatoms. The lowest BCUT2D eigenvalue weighted by molar-refractivity contribution is 0.612. The fourth-order valence-corrected chi connectivity index (χ4v) is 0.936. The summed E-state index contributed by atoms with van der Waals surface area (Å²) in [4.78, 5) is 1.79. The van der Waals surface area contributed by atoms with Gasteiger partial charge >= 0.3 is 0 Å². The Morgan fingerprint density at radius 3 is 2.55 bits per heavy atom. The highest BCUT2D eigenvalue weighted by molar-refractivity contribution is 5.94. The number of hydrogen-bond donors (Lipinski definition) is 1. The van der Waals surface area contributed by atoms with Crippen LogP contribution < -0.4 is 0 Å². The standard InChI is InChI=1S/C8H13N3/c1-10(2)8(9)7-5-4-6-11(7)3/h4-6,9H,1-3H3. The normalized spacial score (nSPS) is 9.73. The summed E-state index contributed by atoms with van der Waals surface area (Å²) < 4.78 is 1.93. The highest BCUT2D eigenvalue weighted by atomic mass is 15.1. The van der Waals surface area contributed by atoms with Crippen molar-refractivity contribution in [2.24, 2.45) is 7.05 Å². The second-order valence-electron chi connectivity index (χ2n) is 2.75. The van der Waals surface area contributed by atoms with Crippen molar-refractivity contribution in [1.29, 1.82) is 5.41 Å². The Labute approximate surface area is 66.8 Å². The minimum Gasteiger partial charge on any atom is -0.361 e. The molecule has 1 aromatic heterocycles. The van der Waals surface area contributed by atoms with Crippen LogP contribution >= 0.6 is 0 Å².